The van der Waals surface area contributed by atoms with E-state index in [0.29, 0.717) is 64.9 Å². The second-order valence-electron chi connectivity index (χ2n) is 16.4. The molecule has 0 aromatic carbocycles. The molecular weight excluding hydrogens is 596 g/mol. The number of carboxylic acids is 1. The van der Waals surface area contributed by atoms with Crippen LogP contribution < -0.4 is 22.1 Å². The highest BCUT2D eigenvalue weighted by atomic mass is 32.2. The minimum absolute atomic E-state index is 0.0782. The Morgan fingerprint density at radius 2 is 1.65 bits per heavy atom. The number of ketones is 1. The van der Waals surface area contributed by atoms with Crippen LogP contribution in [-0.4, -0.2) is 77.8 Å². The summed E-state index contributed by atoms with van der Waals surface area (Å²) < 4.78 is 0. The van der Waals surface area contributed by atoms with Crippen LogP contribution in [0.5, 0.6) is 0 Å². The van der Waals surface area contributed by atoms with Crippen LogP contribution in [0.2, 0.25) is 0 Å². The number of nitrogens with two attached hydrogens (primary N) is 2. The Morgan fingerprint density at radius 1 is 0.935 bits per heavy atom. The summed E-state index contributed by atoms with van der Waals surface area (Å²) in [6, 6.07) is -0.294. The van der Waals surface area contributed by atoms with E-state index in [1.54, 1.807) is 0 Å². The Balaban J connectivity index is 1.25. The molecule has 266 valence electrons. The summed E-state index contributed by atoms with van der Waals surface area (Å²) in [5, 5.41) is 28.2. The second-order valence-corrected chi connectivity index (χ2v) is 17.5. The molecule has 0 saturated heterocycles. The van der Waals surface area contributed by atoms with Gasteiger partial charge in [-0.05, 0) is 150 Å². The zero-order valence-electron chi connectivity index (χ0n) is 29.5. The molecule has 4 aliphatic rings. The minimum atomic E-state index is -0.989. The molecule has 4 saturated carbocycles. The van der Waals surface area contributed by atoms with E-state index in [2.05, 4.69) is 31.4 Å². The highest BCUT2D eigenvalue weighted by Gasteiger charge is 2.62. The lowest BCUT2D eigenvalue weighted by molar-refractivity contribution is -0.167. The highest BCUT2D eigenvalue weighted by Crippen LogP contribution is 2.68. The summed E-state index contributed by atoms with van der Waals surface area (Å²) in [7, 11) is 0. The van der Waals surface area contributed by atoms with E-state index in [-0.39, 0.29) is 23.2 Å². The normalized spacial score (nSPS) is 37.5. The van der Waals surface area contributed by atoms with Crippen LogP contribution in [0.25, 0.3) is 0 Å². The third-order valence-electron chi connectivity index (χ3n) is 13.6. The topological polar surface area (TPSA) is 151 Å². The third-order valence-corrected chi connectivity index (χ3v) is 14.9. The number of rotatable bonds is 19. The average Bonchev–Trinajstić information content (AvgIpc) is 3.38. The Bertz CT molecular complexity index is 987. The van der Waals surface area contributed by atoms with Crippen LogP contribution in [0.1, 0.15) is 111 Å². The summed E-state index contributed by atoms with van der Waals surface area (Å²) >= 11 is 1.47. The number of carbonyl (C=O) groups excluding carboxylic acids is 1. The predicted molar refractivity (Wildman–Crippen MR) is 190 cm³/mol. The number of aliphatic hydroxyl groups excluding tert-OH is 1. The van der Waals surface area contributed by atoms with Crippen molar-refractivity contribution in [1.82, 2.24) is 10.6 Å². The molecular formula is C37H68N4O4S. The van der Waals surface area contributed by atoms with Gasteiger partial charge in [0.15, 0.2) is 0 Å². The number of aliphatic carboxylic acids is 1. The molecule has 0 amide bonds. The lowest BCUT2D eigenvalue weighted by Gasteiger charge is -2.62. The van der Waals surface area contributed by atoms with Crippen LogP contribution >= 0.6 is 11.8 Å². The third kappa shape index (κ3) is 8.90. The fourth-order valence-electron chi connectivity index (χ4n) is 10.8. The van der Waals surface area contributed by atoms with Crippen molar-refractivity contribution in [2.45, 2.75) is 129 Å². The Morgan fingerprint density at radius 3 is 2.39 bits per heavy atom. The number of thioether (sulfide) groups is 1. The minimum Gasteiger partial charge on any atom is -0.480 e. The smallest absolute Gasteiger partial charge is 0.321 e. The lowest BCUT2D eigenvalue weighted by atomic mass is 9.43. The second kappa shape index (κ2) is 17.3. The maximum Gasteiger partial charge on any atom is 0.321 e. The molecule has 0 bridgehead atoms. The van der Waals surface area contributed by atoms with E-state index in [1.807, 2.05) is 6.92 Å². The van der Waals surface area contributed by atoms with Gasteiger partial charge < -0.3 is 32.3 Å². The zero-order chi connectivity index (χ0) is 33.5. The number of Topliss-reactive ketones (excluding diaryl/α,β-unsaturated/α-hetero) is 1. The molecule has 8 nitrogen and oxygen atoms in total. The van der Waals surface area contributed by atoms with Crippen molar-refractivity contribution in [1.29, 1.82) is 0 Å². The molecule has 0 aromatic heterocycles. The van der Waals surface area contributed by atoms with Crippen molar-refractivity contribution in [3.05, 3.63) is 0 Å². The number of unbranched alkanes of at least 4 members (excludes halogenated alkanes) is 1. The highest BCUT2D eigenvalue weighted by molar-refractivity contribution is 7.99. The van der Waals surface area contributed by atoms with Crippen LogP contribution in [0.3, 0.4) is 0 Å². The van der Waals surface area contributed by atoms with Crippen molar-refractivity contribution < 1.29 is 19.8 Å². The maximum absolute atomic E-state index is 13.0. The molecule has 46 heavy (non-hydrogen) atoms. The van der Waals surface area contributed by atoms with Gasteiger partial charge in [0.2, 0.25) is 0 Å². The van der Waals surface area contributed by atoms with Crippen LogP contribution in [0.15, 0.2) is 0 Å². The van der Waals surface area contributed by atoms with Gasteiger partial charge in [-0.1, -0.05) is 27.7 Å². The number of carbonyl (C=O) groups is 2. The number of aliphatic hydroxyl groups is 1. The first-order valence-corrected chi connectivity index (χ1v) is 20.0. The molecule has 0 aromatic rings. The van der Waals surface area contributed by atoms with Crippen LogP contribution in [-0.2, 0) is 9.59 Å². The van der Waals surface area contributed by atoms with E-state index in [9.17, 15) is 14.7 Å². The molecule has 8 N–H and O–H groups in total. The van der Waals surface area contributed by atoms with E-state index in [0.717, 1.165) is 58.3 Å². The number of carboxylic acid groups (broad SMARTS) is 1. The van der Waals surface area contributed by atoms with Gasteiger partial charge in [-0.3, -0.25) is 9.59 Å². The molecule has 4 aliphatic carbocycles. The SMILES string of the molecule is CC(CSCC(N)C(=O)O)C(=O)CCC(C)[C@H]1CCC2C3C(O)C[C@H]4C[C@@H](NCCCNCCCCN)CC[C@]4(C)C3CC[C@@]21C. The van der Waals surface area contributed by atoms with Crippen LogP contribution in [0, 0.1) is 52.3 Å². The molecule has 0 aliphatic heterocycles. The molecule has 0 heterocycles. The van der Waals surface area contributed by atoms with Gasteiger partial charge in [0, 0.05) is 29.9 Å². The van der Waals surface area contributed by atoms with Gasteiger partial charge in [0.25, 0.3) is 0 Å². The van der Waals surface area contributed by atoms with Gasteiger partial charge >= 0.3 is 5.97 Å². The van der Waals surface area contributed by atoms with E-state index >= 15 is 0 Å². The van der Waals surface area contributed by atoms with Crippen LogP contribution in [0.4, 0.5) is 0 Å². The van der Waals surface area contributed by atoms with E-state index in [1.165, 1.54) is 56.7 Å². The van der Waals surface area contributed by atoms with E-state index in [4.69, 9.17) is 16.6 Å². The summed E-state index contributed by atoms with van der Waals surface area (Å²) in [5.41, 5.74) is 11.8. The molecule has 12 atom stereocenters. The Hall–Kier alpha value is -0.710. The fourth-order valence-corrected chi connectivity index (χ4v) is 11.8. The summed E-state index contributed by atoms with van der Waals surface area (Å²) in [4.78, 5) is 24.0. The van der Waals surface area contributed by atoms with Crippen molar-refractivity contribution in [2.75, 3.05) is 37.7 Å². The number of hydrogen-bond acceptors (Lipinski definition) is 8. The van der Waals surface area contributed by atoms with Gasteiger partial charge in [0.05, 0.1) is 6.10 Å². The molecule has 7 unspecified atom stereocenters. The van der Waals surface area contributed by atoms with Gasteiger partial charge in [-0.15, -0.1) is 0 Å². The monoisotopic (exact) mass is 664 g/mol. The summed E-state index contributed by atoms with van der Waals surface area (Å²) in [5.74, 6) is 3.52. The largest absolute Gasteiger partial charge is 0.480 e. The maximum atomic E-state index is 13.0. The van der Waals surface area contributed by atoms with Crippen molar-refractivity contribution in [3.8, 4) is 0 Å². The predicted octanol–water partition coefficient (Wildman–Crippen LogP) is 5.06. The zero-order valence-corrected chi connectivity index (χ0v) is 30.3. The van der Waals surface area contributed by atoms with Gasteiger partial charge in [-0.2, -0.15) is 11.8 Å². The summed E-state index contributed by atoms with van der Waals surface area (Å²) in [6.07, 6.45) is 14.4. The first-order chi connectivity index (χ1) is 21.9. The molecule has 9 heteroatoms. The Labute approximate surface area is 284 Å². The Kier molecular flexibility index (Phi) is 14.3. The van der Waals surface area contributed by atoms with Gasteiger partial charge in [0.1, 0.15) is 11.8 Å². The van der Waals surface area contributed by atoms with Crippen molar-refractivity contribution in [2.24, 2.45) is 63.7 Å². The molecule has 0 radical (unpaired) electrons. The molecule has 4 rings (SSSR count). The quantitative estimate of drug-likeness (QED) is 0.104. The molecule has 4 fully saturated rings. The van der Waals surface area contributed by atoms with Crippen molar-refractivity contribution in [3.63, 3.8) is 0 Å². The summed E-state index contributed by atoms with van der Waals surface area (Å²) in [6.45, 7) is 13.4. The molecule has 0 spiro atoms. The number of fused-ring (bicyclic) bond motifs is 5. The average molecular weight is 665 g/mol. The first kappa shape index (κ1) is 38.1. The fraction of sp³-hybridized carbons (Fsp3) is 0.946. The first-order valence-electron chi connectivity index (χ1n) is 18.8. The van der Waals surface area contributed by atoms with E-state index < -0.39 is 12.0 Å². The van der Waals surface area contributed by atoms with Crippen molar-refractivity contribution >= 4 is 23.5 Å². The lowest BCUT2D eigenvalue weighted by Crippen LogP contribution is -2.59. The number of nitrogens with one attached hydrogen (secondary N) is 2. The van der Waals surface area contributed by atoms with Gasteiger partial charge in [-0.25, -0.2) is 0 Å². The number of hydrogen-bond donors (Lipinski definition) is 6. The standard InChI is InChI=1S/C37H68N4O4S/c1-24(8-11-32(42)25(2)22-46-23-31(39)35(44)45)28-9-10-29-34-30(13-15-37(28,29)4)36(3)14-12-27(20-26(36)21-33(34)43)41-19-7-18-40-17-6-5-16-38/h24-31,33-34,40-41,43H,5-23,38-39H2,1-4H3,(H,44,45)/t24?,25?,26-,27+,28-,29?,30?,31?,33?,34?,36+,37-/m1/s1.